The zero-order chi connectivity index (χ0) is 19.3. The van der Waals surface area contributed by atoms with Crippen molar-refractivity contribution in [2.75, 3.05) is 6.54 Å². The number of amides is 1. The molecule has 0 unspecified atom stereocenters. The maximum absolute atomic E-state index is 11.5. The van der Waals surface area contributed by atoms with Crippen LogP contribution in [0.3, 0.4) is 0 Å². The summed E-state index contributed by atoms with van der Waals surface area (Å²) < 4.78 is 0. The van der Waals surface area contributed by atoms with Crippen LogP contribution in [-0.4, -0.2) is 12.5 Å². The lowest BCUT2D eigenvalue weighted by molar-refractivity contribution is -0.116. The third kappa shape index (κ3) is 8.54. The molecule has 0 spiro atoms. The smallest absolute Gasteiger partial charge is 0.243 e. The molecule has 27 heavy (non-hydrogen) atoms. The quantitative estimate of drug-likeness (QED) is 0.239. The summed E-state index contributed by atoms with van der Waals surface area (Å²) in [5, 5.41) is 5.46. The van der Waals surface area contributed by atoms with E-state index in [2.05, 4.69) is 79.9 Å². The number of hydrogen-bond donors (Lipinski definition) is 1. The zero-order valence-electron chi connectivity index (χ0n) is 16.5. The first-order chi connectivity index (χ1) is 13.1. The summed E-state index contributed by atoms with van der Waals surface area (Å²) in [5.74, 6) is 0.456. The second-order valence-electron chi connectivity index (χ2n) is 7.21. The number of benzene rings is 2. The molecule has 2 rings (SSSR count). The first-order valence-electron chi connectivity index (χ1n) is 9.89. The van der Waals surface area contributed by atoms with Crippen molar-refractivity contribution in [2.45, 2.75) is 39.5 Å². The van der Waals surface area contributed by atoms with Gasteiger partial charge in [-0.05, 0) is 47.9 Å². The molecular weight excluding hydrogens is 330 g/mol. The Morgan fingerprint density at radius 2 is 1.74 bits per heavy atom. The summed E-state index contributed by atoms with van der Waals surface area (Å²) >= 11 is 0. The van der Waals surface area contributed by atoms with Gasteiger partial charge in [0, 0.05) is 12.6 Å². The molecule has 142 valence electrons. The number of fused-ring (bicyclic) bond motifs is 1. The van der Waals surface area contributed by atoms with Crippen LogP contribution in [0, 0.1) is 5.92 Å². The molecule has 0 radical (unpaired) electrons. The molecule has 0 saturated carbocycles. The SMILES string of the molecule is CC(C)CNC(=O)/C=C/C=C/CCC/C=C/Cc1ccc2ccccc2c1. The highest BCUT2D eigenvalue weighted by Gasteiger charge is 1.96. The van der Waals surface area contributed by atoms with Gasteiger partial charge in [0.25, 0.3) is 0 Å². The lowest BCUT2D eigenvalue weighted by atomic mass is 10.0. The summed E-state index contributed by atoms with van der Waals surface area (Å²) in [6.07, 6.45) is 16.2. The highest BCUT2D eigenvalue weighted by molar-refractivity contribution is 5.87. The predicted octanol–water partition coefficient (Wildman–Crippen LogP) is 5.99. The Labute approximate surface area is 163 Å². The molecule has 0 aliphatic carbocycles. The number of carbonyl (C=O) groups is 1. The molecule has 0 heterocycles. The first kappa shape index (κ1) is 20.7. The van der Waals surface area contributed by atoms with Gasteiger partial charge in [0.1, 0.15) is 0 Å². The fraction of sp³-hybridized carbons (Fsp3) is 0.320. The maximum Gasteiger partial charge on any atom is 0.243 e. The third-order valence-electron chi connectivity index (χ3n) is 4.26. The van der Waals surface area contributed by atoms with Gasteiger partial charge in [-0.3, -0.25) is 4.79 Å². The van der Waals surface area contributed by atoms with Gasteiger partial charge >= 0.3 is 0 Å². The standard InChI is InChI=1S/C25H31NO/c1-21(2)20-26-25(27)16-10-8-6-4-3-5-7-9-13-22-17-18-23-14-11-12-15-24(23)19-22/h6-12,14-19,21H,3-5,13,20H2,1-2H3,(H,26,27)/b8-6+,9-7+,16-10+. The van der Waals surface area contributed by atoms with Crippen LogP contribution < -0.4 is 5.32 Å². The predicted molar refractivity (Wildman–Crippen MR) is 117 cm³/mol. The van der Waals surface area contributed by atoms with Crippen LogP contribution in [0.25, 0.3) is 10.8 Å². The van der Waals surface area contributed by atoms with E-state index < -0.39 is 0 Å². The fourth-order valence-electron chi connectivity index (χ4n) is 2.74. The van der Waals surface area contributed by atoms with Crippen molar-refractivity contribution in [3.63, 3.8) is 0 Å². The average molecular weight is 362 g/mol. The Balaban J connectivity index is 1.60. The summed E-state index contributed by atoms with van der Waals surface area (Å²) in [7, 11) is 0. The van der Waals surface area contributed by atoms with E-state index in [0.717, 1.165) is 32.2 Å². The number of rotatable bonds is 10. The van der Waals surface area contributed by atoms with Crippen molar-refractivity contribution in [1.29, 1.82) is 0 Å². The number of allylic oxidation sites excluding steroid dienone is 5. The Bertz CT molecular complexity index is 799. The van der Waals surface area contributed by atoms with Gasteiger partial charge in [0.15, 0.2) is 0 Å². The minimum atomic E-state index is -0.0232. The van der Waals surface area contributed by atoms with E-state index in [1.165, 1.54) is 16.3 Å². The summed E-state index contributed by atoms with van der Waals surface area (Å²) in [5.41, 5.74) is 1.35. The number of hydrogen-bond acceptors (Lipinski definition) is 1. The molecule has 2 heteroatoms. The topological polar surface area (TPSA) is 29.1 Å². The van der Waals surface area contributed by atoms with Crippen LogP contribution in [-0.2, 0) is 11.2 Å². The Hall–Kier alpha value is -2.61. The fourth-order valence-corrected chi connectivity index (χ4v) is 2.74. The lowest BCUT2D eigenvalue weighted by Gasteiger charge is -2.03. The molecular formula is C25H31NO. The van der Waals surface area contributed by atoms with Crippen LogP contribution >= 0.6 is 0 Å². The lowest BCUT2D eigenvalue weighted by Crippen LogP contribution is -2.25. The zero-order valence-corrected chi connectivity index (χ0v) is 16.5. The third-order valence-corrected chi connectivity index (χ3v) is 4.26. The van der Waals surface area contributed by atoms with Gasteiger partial charge in [-0.2, -0.15) is 0 Å². The minimum Gasteiger partial charge on any atom is -0.352 e. The molecule has 0 bridgehead atoms. The van der Waals surface area contributed by atoms with E-state index in [1.807, 2.05) is 12.2 Å². The molecule has 1 N–H and O–H groups in total. The number of unbranched alkanes of at least 4 members (excludes halogenated alkanes) is 2. The molecule has 0 aliphatic rings. The van der Waals surface area contributed by atoms with Crippen LogP contribution in [0.15, 0.2) is 78.9 Å². The van der Waals surface area contributed by atoms with Gasteiger partial charge in [0.05, 0.1) is 0 Å². The molecule has 2 nitrogen and oxygen atoms in total. The monoisotopic (exact) mass is 361 g/mol. The molecule has 0 aliphatic heterocycles. The summed E-state index contributed by atoms with van der Waals surface area (Å²) in [4.78, 5) is 11.5. The van der Waals surface area contributed by atoms with Crippen molar-refractivity contribution in [1.82, 2.24) is 5.32 Å². The van der Waals surface area contributed by atoms with Gasteiger partial charge < -0.3 is 5.32 Å². The normalized spacial score (nSPS) is 12.1. The minimum absolute atomic E-state index is 0.0232. The van der Waals surface area contributed by atoms with Gasteiger partial charge in [-0.1, -0.05) is 86.7 Å². The average Bonchev–Trinajstić information content (AvgIpc) is 2.67. The highest BCUT2D eigenvalue weighted by atomic mass is 16.1. The van der Waals surface area contributed by atoms with Crippen LogP contribution in [0.1, 0.15) is 38.7 Å². The van der Waals surface area contributed by atoms with Crippen molar-refractivity contribution in [3.8, 4) is 0 Å². The molecule has 2 aromatic rings. The van der Waals surface area contributed by atoms with Crippen LogP contribution in [0.5, 0.6) is 0 Å². The first-order valence-corrected chi connectivity index (χ1v) is 9.89. The Kier molecular flexibility index (Phi) is 9.12. The molecule has 2 aromatic carbocycles. The molecule has 0 atom stereocenters. The molecule has 0 aromatic heterocycles. The van der Waals surface area contributed by atoms with Gasteiger partial charge in [-0.25, -0.2) is 0 Å². The molecule has 1 amide bonds. The van der Waals surface area contributed by atoms with E-state index >= 15 is 0 Å². The second-order valence-corrected chi connectivity index (χ2v) is 7.21. The van der Waals surface area contributed by atoms with Crippen molar-refractivity contribution < 1.29 is 4.79 Å². The van der Waals surface area contributed by atoms with E-state index in [9.17, 15) is 4.79 Å². The van der Waals surface area contributed by atoms with Crippen molar-refractivity contribution in [3.05, 3.63) is 84.5 Å². The number of nitrogens with one attached hydrogen (secondary N) is 1. The highest BCUT2D eigenvalue weighted by Crippen LogP contribution is 2.16. The van der Waals surface area contributed by atoms with E-state index in [4.69, 9.17) is 0 Å². The Morgan fingerprint density at radius 1 is 0.963 bits per heavy atom. The summed E-state index contributed by atoms with van der Waals surface area (Å²) in [6, 6.07) is 15.1. The van der Waals surface area contributed by atoms with E-state index in [-0.39, 0.29) is 5.91 Å². The van der Waals surface area contributed by atoms with E-state index in [1.54, 1.807) is 6.08 Å². The molecule has 0 fully saturated rings. The maximum atomic E-state index is 11.5. The Morgan fingerprint density at radius 3 is 2.56 bits per heavy atom. The van der Waals surface area contributed by atoms with Crippen molar-refractivity contribution in [2.24, 2.45) is 5.92 Å². The number of carbonyl (C=O) groups excluding carboxylic acids is 1. The van der Waals surface area contributed by atoms with E-state index in [0.29, 0.717) is 5.92 Å². The largest absolute Gasteiger partial charge is 0.352 e. The van der Waals surface area contributed by atoms with Crippen LogP contribution in [0.2, 0.25) is 0 Å². The molecule has 0 saturated heterocycles. The summed E-state index contributed by atoms with van der Waals surface area (Å²) in [6.45, 7) is 4.89. The van der Waals surface area contributed by atoms with Gasteiger partial charge in [-0.15, -0.1) is 0 Å². The second kappa shape index (κ2) is 11.9. The van der Waals surface area contributed by atoms with Crippen LogP contribution in [0.4, 0.5) is 0 Å². The van der Waals surface area contributed by atoms with Gasteiger partial charge in [0.2, 0.25) is 5.91 Å². The van der Waals surface area contributed by atoms with Crippen molar-refractivity contribution >= 4 is 16.7 Å².